The summed E-state index contributed by atoms with van der Waals surface area (Å²) in [6.07, 6.45) is 1.85. The van der Waals surface area contributed by atoms with Crippen molar-refractivity contribution in [1.82, 2.24) is 15.0 Å². The van der Waals surface area contributed by atoms with Gasteiger partial charge in [0, 0.05) is 17.5 Å². The molecule has 0 spiro atoms. The maximum atomic E-state index is 11.6. The number of fused-ring (bicyclic) bond motifs is 1. The third-order valence-electron chi connectivity index (χ3n) is 4.32. The zero-order valence-electron chi connectivity index (χ0n) is 15.4. The zero-order valence-corrected chi connectivity index (χ0v) is 15.4. The fourth-order valence-corrected chi connectivity index (χ4v) is 3.13. The summed E-state index contributed by atoms with van der Waals surface area (Å²) in [5, 5.41) is 9.24. The van der Waals surface area contributed by atoms with Gasteiger partial charge in [-0.1, -0.05) is 11.3 Å². The van der Waals surface area contributed by atoms with Crippen LogP contribution in [0, 0.1) is 20.8 Å². The second-order valence-corrected chi connectivity index (χ2v) is 6.70. The van der Waals surface area contributed by atoms with Crippen LogP contribution >= 0.6 is 0 Å². The van der Waals surface area contributed by atoms with Crippen LogP contribution in [0.15, 0.2) is 57.9 Å². The normalized spacial score (nSPS) is 11.1. The highest BCUT2D eigenvalue weighted by Gasteiger charge is 2.07. The molecular weight excluding hydrogens is 342 g/mol. The molecule has 0 aliphatic carbocycles. The van der Waals surface area contributed by atoms with Gasteiger partial charge in [0.15, 0.2) is 0 Å². The molecule has 6 nitrogen and oxygen atoms in total. The van der Waals surface area contributed by atoms with Gasteiger partial charge in [0.25, 0.3) is 0 Å². The van der Waals surface area contributed by atoms with Gasteiger partial charge in [-0.2, -0.15) is 0 Å². The van der Waals surface area contributed by atoms with Crippen molar-refractivity contribution in [2.75, 3.05) is 0 Å². The highest BCUT2D eigenvalue weighted by atomic mass is 16.5. The summed E-state index contributed by atoms with van der Waals surface area (Å²) in [6.45, 7) is 6.26. The monoisotopic (exact) mass is 361 g/mol. The van der Waals surface area contributed by atoms with E-state index in [1.54, 1.807) is 10.7 Å². The van der Waals surface area contributed by atoms with Gasteiger partial charge in [0.2, 0.25) is 0 Å². The fraction of sp³-hybridized carbons (Fsp3) is 0.190. The molecule has 2 aromatic heterocycles. The molecule has 0 atom stereocenters. The Labute approximate surface area is 156 Å². The first-order valence-electron chi connectivity index (χ1n) is 8.65. The van der Waals surface area contributed by atoms with Gasteiger partial charge in [-0.3, -0.25) is 0 Å². The van der Waals surface area contributed by atoms with Crippen LogP contribution in [-0.2, 0) is 6.61 Å². The SMILES string of the molecule is Cc1cc(C)cc(-n2cc(COc3ccc4c(C)cc(=O)oc4c3)nn2)c1. The standard InChI is InChI=1S/C21H19N3O3/c1-13-6-14(2)8-17(7-13)24-11-16(22-23-24)12-26-18-4-5-19-15(3)9-21(25)27-20(19)10-18/h4-11H,12H2,1-3H3. The van der Waals surface area contributed by atoms with Gasteiger partial charge in [-0.05, 0) is 61.7 Å². The number of rotatable bonds is 4. The Bertz CT molecular complexity index is 1170. The van der Waals surface area contributed by atoms with Crippen molar-refractivity contribution in [1.29, 1.82) is 0 Å². The number of aromatic nitrogens is 3. The van der Waals surface area contributed by atoms with Gasteiger partial charge in [-0.15, -0.1) is 5.10 Å². The Balaban J connectivity index is 1.53. The fourth-order valence-electron chi connectivity index (χ4n) is 3.13. The molecular formula is C21H19N3O3. The lowest BCUT2D eigenvalue weighted by Gasteiger charge is -2.06. The quantitative estimate of drug-likeness (QED) is 0.516. The molecule has 0 radical (unpaired) electrons. The van der Waals surface area contributed by atoms with Crippen molar-refractivity contribution >= 4 is 11.0 Å². The van der Waals surface area contributed by atoms with E-state index in [0.29, 0.717) is 17.0 Å². The van der Waals surface area contributed by atoms with Crippen LogP contribution in [0.2, 0.25) is 0 Å². The number of aryl methyl sites for hydroxylation is 3. The Morgan fingerprint density at radius 2 is 1.81 bits per heavy atom. The van der Waals surface area contributed by atoms with Gasteiger partial charge in [-0.25, -0.2) is 9.48 Å². The molecule has 136 valence electrons. The summed E-state index contributed by atoms with van der Waals surface area (Å²) in [7, 11) is 0. The van der Waals surface area contributed by atoms with Crippen molar-refractivity contribution in [3.05, 3.63) is 81.5 Å². The van der Waals surface area contributed by atoms with E-state index in [9.17, 15) is 4.79 Å². The lowest BCUT2D eigenvalue weighted by molar-refractivity contribution is 0.301. The molecule has 0 saturated heterocycles. The van der Waals surface area contributed by atoms with Crippen molar-refractivity contribution < 1.29 is 9.15 Å². The number of ether oxygens (including phenoxy) is 1. The highest BCUT2D eigenvalue weighted by Crippen LogP contribution is 2.23. The largest absolute Gasteiger partial charge is 0.487 e. The minimum absolute atomic E-state index is 0.270. The number of hydrogen-bond donors (Lipinski definition) is 0. The average molecular weight is 361 g/mol. The van der Waals surface area contributed by atoms with Crippen molar-refractivity contribution in [3.8, 4) is 11.4 Å². The first kappa shape index (κ1) is 17.0. The Kier molecular flexibility index (Phi) is 4.24. The minimum atomic E-state index is -0.367. The van der Waals surface area contributed by atoms with Crippen molar-refractivity contribution in [3.63, 3.8) is 0 Å². The van der Waals surface area contributed by atoms with Crippen LogP contribution in [0.25, 0.3) is 16.7 Å². The lowest BCUT2D eigenvalue weighted by Crippen LogP contribution is -1.99. The molecule has 0 aliphatic rings. The molecule has 0 N–H and O–H groups in total. The predicted octanol–water partition coefficient (Wildman–Crippen LogP) is 3.88. The van der Waals surface area contributed by atoms with Crippen LogP contribution in [0.5, 0.6) is 5.75 Å². The molecule has 0 unspecified atom stereocenters. The summed E-state index contributed by atoms with van der Waals surface area (Å²) < 4.78 is 12.8. The molecule has 0 amide bonds. The molecule has 27 heavy (non-hydrogen) atoms. The minimum Gasteiger partial charge on any atom is -0.487 e. The number of hydrogen-bond acceptors (Lipinski definition) is 5. The molecule has 0 saturated carbocycles. The molecule has 6 heteroatoms. The van der Waals surface area contributed by atoms with E-state index in [1.165, 1.54) is 17.2 Å². The van der Waals surface area contributed by atoms with Crippen molar-refractivity contribution in [2.24, 2.45) is 0 Å². The summed E-state index contributed by atoms with van der Waals surface area (Å²) in [4.78, 5) is 11.6. The van der Waals surface area contributed by atoms with Gasteiger partial charge in [0.05, 0.1) is 11.9 Å². The second kappa shape index (κ2) is 6.72. The van der Waals surface area contributed by atoms with E-state index < -0.39 is 0 Å². The smallest absolute Gasteiger partial charge is 0.336 e. The second-order valence-electron chi connectivity index (χ2n) is 6.70. The molecule has 4 rings (SSSR count). The summed E-state index contributed by atoms with van der Waals surface area (Å²) >= 11 is 0. The van der Waals surface area contributed by atoms with Gasteiger partial charge < -0.3 is 9.15 Å². The first-order valence-corrected chi connectivity index (χ1v) is 8.65. The van der Waals surface area contributed by atoms with Crippen LogP contribution < -0.4 is 10.4 Å². The lowest BCUT2D eigenvalue weighted by atomic mass is 10.1. The maximum Gasteiger partial charge on any atom is 0.336 e. The summed E-state index contributed by atoms with van der Waals surface area (Å²) in [6, 6.07) is 13.2. The van der Waals surface area contributed by atoms with E-state index in [0.717, 1.165) is 16.6 Å². The third-order valence-corrected chi connectivity index (χ3v) is 4.32. The third kappa shape index (κ3) is 3.60. The van der Waals surface area contributed by atoms with E-state index in [4.69, 9.17) is 9.15 Å². The molecule has 4 aromatic rings. The summed E-state index contributed by atoms with van der Waals surface area (Å²) in [5.41, 5.74) is 5.04. The molecule has 2 heterocycles. The van der Waals surface area contributed by atoms with Crippen molar-refractivity contribution in [2.45, 2.75) is 27.4 Å². The topological polar surface area (TPSA) is 70.2 Å². The maximum absolute atomic E-state index is 11.6. The average Bonchev–Trinajstić information content (AvgIpc) is 3.07. The van der Waals surface area contributed by atoms with E-state index in [2.05, 4.69) is 42.4 Å². The molecule has 0 fully saturated rings. The van der Waals surface area contributed by atoms with Gasteiger partial charge in [0.1, 0.15) is 23.6 Å². The Morgan fingerprint density at radius 3 is 2.59 bits per heavy atom. The molecule has 0 bridgehead atoms. The van der Waals surface area contributed by atoms with E-state index >= 15 is 0 Å². The Hall–Kier alpha value is -3.41. The van der Waals surface area contributed by atoms with Crippen LogP contribution in [0.1, 0.15) is 22.4 Å². The van der Waals surface area contributed by atoms with Crippen LogP contribution in [-0.4, -0.2) is 15.0 Å². The molecule has 0 aliphatic heterocycles. The molecule has 2 aromatic carbocycles. The van der Waals surface area contributed by atoms with E-state index in [1.807, 2.05) is 25.3 Å². The number of benzene rings is 2. The zero-order chi connectivity index (χ0) is 19.0. The van der Waals surface area contributed by atoms with Crippen LogP contribution in [0.4, 0.5) is 0 Å². The number of nitrogens with zero attached hydrogens (tertiary/aromatic N) is 3. The first-order chi connectivity index (χ1) is 13.0. The summed E-state index contributed by atoms with van der Waals surface area (Å²) in [5.74, 6) is 0.609. The predicted molar refractivity (Wildman–Crippen MR) is 102 cm³/mol. The van der Waals surface area contributed by atoms with Gasteiger partial charge >= 0.3 is 5.63 Å². The Morgan fingerprint density at radius 1 is 1.04 bits per heavy atom. The highest BCUT2D eigenvalue weighted by molar-refractivity contribution is 5.81. The van der Waals surface area contributed by atoms with Crippen LogP contribution in [0.3, 0.4) is 0 Å². The van der Waals surface area contributed by atoms with E-state index in [-0.39, 0.29) is 12.2 Å².